The number of carbonyl (C=O) groups is 1. The summed E-state index contributed by atoms with van der Waals surface area (Å²) in [5.41, 5.74) is 4.44. The van der Waals surface area contributed by atoms with Crippen LogP contribution in [0.2, 0.25) is 0 Å². The van der Waals surface area contributed by atoms with E-state index in [2.05, 4.69) is 10.4 Å². The van der Waals surface area contributed by atoms with Crippen molar-refractivity contribution in [2.24, 2.45) is 0 Å². The van der Waals surface area contributed by atoms with E-state index in [0.29, 0.717) is 39.9 Å². The zero-order valence-corrected chi connectivity index (χ0v) is 21.0. The Bertz CT molecular complexity index is 1410. The van der Waals surface area contributed by atoms with E-state index in [1.165, 1.54) is 27.4 Å². The third kappa shape index (κ3) is 4.88. The van der Waals surface area contributed by atoms with Gasteiger partial charge in [0.2, 0.25) is 11.7 Å². The number of aromatic nitrogens is 2. The number of nitrogens with one attached hydrogen (secondary N) is 1. The molecule has 2 heterocycles. The van der Waals surface area contributed by atoms with Crippen LogP contribution in [0, 0.1) is 13.8 Å². The molecule has 1 amide bonds. The molecule has 0 fully saturated rings. The summed E-state index contributed by atoms with van der Waals surface area (Å²) in [6.07, 6.45) is 2.96. The predicted octanol–water partition coefficient (Wildman–Crippen LogP) is 3.60. The summed E-state index contributed by atoms with van der Waals surface area (Å²) in [7, 11) is 1.24. The van der Waals surface area contributed by atoms with Crippen molar-refractivity contribution in [1.82, 2.24) is 9.78 Å². The molecule has 184 valence electrons. The maximum Gasteiger partial charge on any atom is 0.249 e. The molecule has 3 aromatic rings. The normalized spacial score (nSPS) is 14.1. The second-order valence-corrected chi connectivity index (χ2v) is 10.4. The maximum atomic E-state index is 12.9. The second-order valence-electron chi connectivity index (χ2n) is 8.29. The van der Waals surface area contributed by atoms with Crippen LogP contribution in [0.1, 0.15) is 27.9 Å². The van der Waals surface area contributed by atoms with Gasteiger partial charge in [0.25, 0.3) is 0 Å². The van der Waals surface area contributed by atoms with E-state index >= 15 is 0 Å². The van der Waals surface area contributed by atoms with Crippen LogP contribution in [0.5, 0.6) is 17.2 Å². The van der Waals surface area contributed by atoms with E-state index < -0.39 is 15.7 Å². The Kier molecular flexibility index (Phi) is 6.58. The third-order valence-electron chi connectivity index (χ3n) is 5.72. The van der Waals surface area contributed by atoms with Crippen LogP contribution in [-0.2, 0) is 26.1 Å². The molecule has 10 heteroatoms. The van der Waals surface area contributed by atoms with Gasteiger partial charge in [-0.1, -0.05) is 17.7 Å². The third-order valence-corrected chi connectivity index (χ3v) is 7.17. The highest BCUT2D eigenvalue weighted by molar-refractivity contribution is 7.90. The molecule has 1 aliphatic heterocycles. The SMILES string of the molecule is COc1cc(C=CC(=O)Nc2c3c(nn2-c2ccc(C)cc2C)CS(=O)(=O)C3)cc(OC)c1OC. The highest BCUT2D eigenvalue weighted by Crippen LogP contribution is 2.38. The molecule has 0 atom stereocenters. The molecule has 0 unspecified atom stereocenters. The largest absolute Gasteiger partial charge is 0.493 e. The number of ether oxygens (including phenoxy) is 3. The van der Waals surface area contributed by atoms with E-state index in [9.17, 15) is 13.2 Å². The summed E-state index contributed by atoms with van der Waals surface area (Å²) < 4.78 is 42.1. The highest BCUT2D eigenvalue weighted by atomic mass is 32.2. The first-order valence-corrected chi connectivity index (χ1v) is 12.7. The van der Waals surface area contributed by atoms with Gasteiger partial charge in [-0.15, -0.1) is 0 Å². The Morgan fingerprint density at radius 2 is 1.71 bits per heavy atom. The van der Waals surface area contributed by atoms with Crippen molar-refractivity contribution in [2.75, 3.05) is 26.6 Å². The van der Waals surface area contributed by atoms with E-state index in [1.807, 2.05) is 32.0 Å². The molecule has 0 radical (unpaired) electrons. The first-order valence-electron chi connectivity index (χ1n) is 10.8. The van der Waals surface area contributed by atoms with Crippen molar-refractivity contribution in [1.29, 1.82) is 0 Å². The molecule has 9 nitrogen and oxygen atoms in total. The Morgan fingerprint density at radius 3 is 2.31 bits per heavy atom. The summed E-state index contributed by atoms with van der Waals surface area (Å²) in [4.78, 5) is 12.9. The van der Waals surface area contributed by atoms with Gasteiger partial charge in [-0.25, -0.2) is 13.1 Å². The number of amides is 1. The van der Waals surface area contributed by atoms with Gasteiger partial charge in [-0.3, -0.25) is 4.79 Å². The second kappa shape index (κ2) is 9.46. The summed E-state index contributed by atoms with van der Waals surface area (Å²) in [5.74, 6) is 0.977. The molecule has 0 aliphatic carbocycles. The van der Waals surface area contributed by atoms with Crippen LogP contribution >= 0.6 is 0 Å². The Labute approximate surface area is 204 Å². The Hall–Kier alpha value is -3.79. The fraction of sp³-hybridized carbons (Fsp3) is 0.280. The molecular formula is C25H27N3O6S. The minimum Gasteiger partial charge on any atom is -0.493 e. The fourth-order valence-corrected chi connectivity index (χ4v) is 5.61. The number of fused-ring (bicyclic) bond motifs is 1. The van der Waals surface area contributed by atoms with Gasteiger partial charge in [0.1, 0.15) is 5.82 Å². The maximum absolute atomic E-state index is 12.9. The number of anilines is 1. The Morgan fingerprint density at radius 1 is 1.03 bits per heavy atom. The zero-order valence-electron chi connectivity index (χ0n) is 20.2. The van der Waals surface area contributed by atoms with E-state index in [0.717, 1.165) is 16.8 Å². The zero-order chi connectivity index (χ0) is 25.3. The minimum absolute atomic E-state index is 0.148. The van der Waals surface area contributed by atoms with Crippen molar-refractivity contribution in [2.45, 2.75) is 25.4 Å². The van der Waals surface area contributed by atoms with Crippen LogP contribution in [0.4, 0.5) is 5.82 Å². The topological polar surface area (TPSA) is 109 Å². The number of benzene rings is 2. The number of aryl methyl sites for hydroxylation is 2. The minimum atomic E-state index is -3.30. The quantitative estimate of drug-likeness (QED) is 0.497. The smallest absolute Gasteiger partial charge is 0.249 e. The average Bonchev–Trinajstić information content (AvgIpc) is 3.28. The molecule has 4 rings (SSSR count). The molecule has 2 aromatic carbocycles. The summed E-state index contributed by atoms with van der Waals surface area (Å²) in [6, 6.07) is 9.30. The first-order chi connectivity index (χ1) is 16.7. The lowest BCUT2D eigenvalue weighted by Crippen LogP contribution is -2.15. The van der Waals surface area contributed by atoms with Gasteiger partial charge in [-0.2, -0.15) is 5.10 Å². The van der Waals surface area contributed by atoms with Crippen molar-refractivity contribution >= 4 is 27.6 Å². The summed E-state index contributed by atoms with van der Waals surface area (Å²) >= 11 is 0. The van der Waals surface area contributed by atoms with Crippen molar-refractivity contribution in [3.8, 4) is 22.9 Å². The van der Waals surface area contributed by atoms with Gasteiger partial charge >= 0.3 is 0 Å². The fourth-order valence-electron chi connectivity index (χ4n) is 4.12. The lowest BCUT2D eigenvalue weighted by atomic mass is 10.1. The number of methoxy groups -OCH3 is 3. The molecule has 0 bridgehead atoms. The lowest BCUT2D eigenvalue weighted by Gasteiger charge is -2.13. The standard InChI is InChI=1S/C25H27N3O6S/c1-15-6-8-20(16(2)10-15)28-25(18-13-35(30,31)14-19(18)27-28)26-23(29)9-7-17-11-21(32-3)24(34-5)22(12-17)33-4/h6-12H,13-14H2,1-5H3,(H,26,29). The summed E-state index contributed by atoms with van der Waals surface area (Å²) in [6.45, 7) is 3.94. The molecule has 0 saturated heterocycles. The molecule has 35 heavy (non-hydrogen) atoms. The van der Waals surface area contributed by atoms with Gasteiger partial charge in [0, 0.05) is 11.6 Å². The van der Waals surface area contributed by atoms with Crippen LogP contribution in [-0.4, -0.2) is 45.4 Å². The molecule has 1 aliphatic rings. The number of hydrogen-bond donors (Lipinski definition) is 1. The van der Waals surface area contributed by atoms with Crippen LogP contribution in [0.15, 0.2) is 36.4 Å². The van der Waals surface area contributed by atoms with Gasteiger partial charge in [-0.05, 0) is 49.2 Å². The number of carbonyl (C=O) groups excluding carboxylic acids is 1. The number of hydrogen-bond acceptors (Lipinski definition) is 7. The van der Waals surface area contributed by atoms with E-state index in [-0.39, 0.29) is 11.5 Å². The van der Waals surface area contributed by atoms with Crippen LogP contribution in [0.25, 0.3) is 11.8 Å². The van der Waals surface area contributed by atoms with Crippen LogP contribution in [0.3, 0.4) is 0 Å². The molecule has 0 saturated carbocycles. The molecule has 1 aromatic heterocycles. The van der Waals surface area contributed by atoms with E-state index in [4.69, 9.17) is 14.2 Å². The predicted molar refractivity (Wildman–Crippen MR) is 133 cm³/mol. The van der Waals surface area contributed by atoms with Crippen molar-refractivity contribution in [3.63, 3.8) is 0 Å². The Balaban J connectivity index is 1.68. The first kappa shape index (κ1) is 24.3. The molecule has 1 N–H and O–H groups in total. The van der Waals surface area contributed by atoms with Crippen molar-refractivity contribution in [3.05, 3.63) is 64.4 Å². The van der Waals surface area contributed by atoms with Gasteiger partial charge in [0.15, 0.2) is 21.3 Å². The van der Waals surface area contributed by atoms with Crippen LogP contribution < -0.4 is 19.5 Å². The van der Waals surface area contributed by atoms with Gasteiger partial charge < -0.3 is 19.5 Å². The molecule has 0 spiro atoms. The monoisotopic (exact) mass is 497 g/mol. The lowest BCUT2D eigenvalue weighted by molar-refractivity contribution is -0.111. The molecular weight excluding hydrogens is 470 g/mol. The number of rotatable bonds is 7. The van der Waals surface area contributed by atoms with E-state index in [1.54, 1.807) is 22.9 Å². The number of sulfone groups is 1. The highest BCUT2D eigenvalue weighted by Gasteiger charge is 2.33. The number of nitrogens with zero attached hydrogens (tertiary/aromatic N) is 2. The summed E-state index contributed by atoms with van der Waals surface area (Å²) in [5, 5.41) is 7.38. The average molecular weight is 498 g/mol. The van der Waals surface area contributed by atoms with Crippen molar-refractivity contribution < 1.29 is 27.4 Å². The van der Waals surface area contributed by atoms with Gasteiger partial charge in [0.05, 0.1) is 44.2 Å².